The Bertz CT molecular complexity index is 396. The Kier molecular flexibility index (Phi) is 3.05. The van der Waals surface area contributed by atoms with Crippen molar-refractivity contribution in [1.82, 2.24) is 0 Å². The molecule has 0 amide bonds. The standard InChI is InChI=1S/C10H10BrNOS/c11-10-4-7(6-14-10)9(12)5-8-2-1-3-13-8/h1-4,6,9H,5,12H2. The zero-order chi connectivity index (χ0) is 9.97. The van der Waals surface area contributed by atoms with Crippen molar-refractivity contribution in [1.29, 1.82) is 0 Å². The fraction of sp³-hybridized carbons (Fsp3) is 0.200. The monoisotopic (exact) mass is 271 g/mol. The maximum Gasteiger partial charge on any atom is 0.105 e. The molecule has 0 saturated heterocycles. The molecule has 0 aliphatic carbocycles. The number of hydrogen-bond acceptors (Lipinski definition) is 3. The summed E-state index contributed by atoms with van der Waals surface area (Å²) in [6, 6.07) is 5.90. The van der Waals surface area contributed by atoms with Gasteiger partial charge in [-0.1, -0.05) is 0 Å². The first-order valence-corrected chi connectivity index (χ1v) is 5.95. The molecule has 2 aromatic heterocycles. The third kappa shape index (κ3) is 2.26. The Morgan fingerprint density at radius 2 is 2.43 bits per heavy atom. The second-order valence-corrected chi connectivity index (χ2v) is 5.36. The summed E-state index contributed by atoms with van der Waals surface area (Å²) < 4.78 is 6.36. The molecular weight excluding hydrogens is 262 g/mol. The van der Waals surface area contributed by atoms with Crippen LogP contribution in [0.3, 0.4) is 0 Å². The van der Waals surface area contributed by atoms with E-state index in [2.05, 4.69) is 27.4 Å². The molecule has 2 aromatic rings. The van der Waals surface area contributed by atoms with Crippen LogP contribution >= 0.6 is 27.3 Å². The van der Waals surface area contributed by atoms with Crippen LogP contribution in [-0.2, 0) is 6.42 Å². The van der Waals surface area contributed by atoms with E-state index >= 15 is 0 Å². The van der Waals surface area contributed by atoms with E-state index in [1.165, 1.54) is 0 Å². The maximum atomic E-state index is 6.03. The molecular formula is C10H10BrNOS. The number of thiophene rings is 1. The van der Waals surface area contributed by atoms with E-state index in [0.717, 1.165) is 21.5 Å². The molecule has 2 N–H and O–H groups in total. The van der Waals surface area contributed by atoms with E-state index in [1.807, 2.05) is 12.1 Å². The quantitative estimate of drug-likeness (QED) is 0.930. The highest BCUT2D eigenvalue weighted by atomic mass is 79.9. The molecule has 2 rings (SSSR count). The minimum atomic E-state index is 0.0173. The number of nitrogens with two attached hydrogens (primary N) is 1. The first-order valence-electron chi connectivity index (χ1n) is 4.27. The largest absolute Gasteiger partial charge is 0.469 e. The van der Waals surface area contributed by atoms with Crippen molar-refractivity contribution in [3.05, 3.63) is 45.0 Å². The second-order valence-electron chi connectivity index (χ2n) is 3.07. The minimum Gasteiger partial charge on any atom is -0.469 e. The Morgan fingerprint density at radius 3 is 3.00 bits per heavy atom. The van der Waals surface area contributed by atoms with Gasteiger partial charge in [0, 0.05) is 12.5 Å². The normalized spacial score (nSPS) is 13.0. The summed E-state index contributed by atoms with van der Waals surface area (Å²) in [5, 5.41) is 2.07. The molecule has 0 aliphatic heterocycles. The number of halogens is 1. The van der Waals surface area contributed by atoms with Gasteiger partial charge >= 0.3 is 0 Å². The van der Waals surface area contributed by atoms with Gasteiger partial charge < -0.3 is 10.2 Å². The summed E-state index contributed by atoms with van der Waals surface area (Å²) in [6.07, 6.45) is 2.42. The highest BCUT2D eigenvalue weighted by molar-refractivity contribution is 9.11. The number of hydrogen-bond donors (Lipinski definition) is 1. The van der Waals surface area contributed by atoms with Gasteiger partial charge in [0.2, 0.25) is 0 Å². The number of rotatable bonds is 3. The first-order chi connectivity index (χ1) is 6.75. The van der Waals surface area contributed by atoms with E-state index in [-0.39, 0.29) is 6.04 Å². The molecule has 1 atom stereocenters. The van der Waals surface area contributed by atoms with Crippen LogP contribution in [0, 0.1) is 0 Å². The van der Waals surface area contributed by atoms with Crippen LogP contribution in [0.1, 0.15) is 17.4 Å². The van der Waals surface area contributed by atoms with Crippen molar-refractivity contribution in [2.24, 2.45) is 5.73 Å². The minimum absolute atomic E-state index is 0.0173. The van der Waals surface area contributed by atoms with Crippen LogP contribution in [0.5, 0.6) is 0 Å². The molecule has 0 radical (unpaired) electrons. The van der Waals surface area contributed by atoms with Gasteiger partial charge in [0.25, 0.3) is 0 Å². The van der Waals surface area contributed by atoms with Crippen molar-refractivity contribution in [3.8, 4) is 0 Å². The van der Waals surface area contributed by atoms with Crippen LogP contribution in [-0.4, -0.2) is 0 Å². The molecule has 1 unspecified atom stereocenters. The Hall–Kier alpha value is -0.580. The summed E-state index contributed by atoms with van der Waals surface area (Å²) in [7, 11) is 0. The average Bonchev–Trinajstić information content (AvgIpc) is 2.75. The number of furan rings is 1. The van der Waals surface area contributed by atoms with E-state index < -0.39 is 0 Å². The summed E-state index contributed by atoms with van der Waals surface area (Å²) in [6.45, 7) is 0. The molecule has 0 aliphatic rings. The average molecular weight is 272 g/mol. The van der Waals surface area contributed by atoms with Gasteiger partial charge in [-0.05, 0) is 45.1 Å². The molecule has 2 nitrogen and oxygen atoms in total. The van der Waals surface area contributed by atoms with Gasteiger partial charge in [-0.3, -0.25) is 0 Å². The molecule has 0 fully saturated rings. The van der Waals surface area contributed by atoms with Gasteiger partial charge in [-0.15, -0.1) is 11.3 Å². The Labute approximate surface area is 94.9 Å². The van der Waals surface area contributed by atoms with Crippen molar-refractivity contribution in [2.45, 2.75) is 12.5 Å². The van der Waals surface area contributed by atoms with Gasteiger partial charge in [0.1, 0.15) is 5.76 Å². The molecule has 0 aromatic carbocycles. The Balaban J connectivity index is 2.06. The molecule has 0 saturated carbocycles. The third-order valence-electron chi connectivity index (χ3n) is 2.02. The molecule has 0 spiro atoms. The van der Waals surface area contributed by atoms with Crippen LogP contribution in [0.25, 0.3) is 0 Å². The topological polar surface area (TPSA) is 39.2 Å². The van der Waals surface area contributed by atoms with Crippen LogP contribution in [0.15, 0.2) is 38.0 Å². The van der Waals surface area contributed by atoms with Gasteiger partial charge in [0.05, 0.1) is 10.0 Å². The fourth-order valence-corrected chi connectivity index (χ4v) is 2.52. The van der Waals surface area contributed by atoms with Crippen molar-refractivity contribution >= 4 is 27.3 Å². The van der Waals surface area contributed by atoms with Crippen molar-refractivity contribution < 1.29 is 4.42 Å². The summed E-state index contributed by atoms with van der Waals surface area (Å²) >= 11 is 5.07. The molecule has 0 bridgehead atoms. The van der Waals surface area contributed by atoms with Crippen LogP contribution in [0.4, 0.5) is 0 Å². The maximum absolute atomic E-state index is 6.03. The van der Waals surface area contributed by atoms with E-state index in [9.17, 15) is 0 Å². The fourth-order valence-electron chi connectivity index (χ4n) is 1.28. The predicted molar refractivity (Wildman–Crippen MR) is 61.4 cm³/mol. The van der Waals surface area contributed by atoms with Crippen LogP contribution < -0.4 is 5.73 Å². The Morgan fingerprint density at radius 1 is 1.57 bits per heavy atom. The van der Waals surface area contributed by atoms with Crippen molar-refractivity contribution in [2.75, 3.05) is 0 Å². The van der Waals surface area contributed by atoms with Gasteiger partial charge in [-0.2, -0.15) is 0 Å². The lowest BCUT2D eigenvalue weighted by Gasteiger charge is -2.06. The molecule has 4 heteroatoms. The zero-order valence-electron chi connectivity index (χ0n) is 7.44. The lowest BCUT2D eigenvalue weighted by molar-refractivity contribution is 0.489. The lowest BCUT2D eigenvalue weighted by Crippen LogP contribution is -2.11. The summed E-state index contributed by atoms with van der Waals surface area (Å²) in [4.78, 5) is 0. The van der Waals surface area contributed by atoms with E-state index in [1.54, 1.807) is 17.6 Å². The predicted octanol–water partition coefficient (Wildman–Crippen LogP) is 3.35. The first kappa shape index (κ1) is 9.96. The molecule has 2 heterocycles. The third-order valence-corrected chi connectivity index (χ3v) is 3.54. The summed E-state index contributed by atoms with van der Waals surface area (Å²) in [5.74, 6) is 0.930. The highest BCUT2D eigenvalue weighted by Crippen LogP contribution is 2.26. The second kappa shape index (κ2) is 4.29. The molecule has 74 valence electrons. The summed E-state index contributed by atoms with van der Waals surface area (Å²) in [5.41, 5.74) is 7.18. The smallest absolute Gasteiger partial charge is 0.105 e. The zero-order valence-corrected chi connectivity index (χ0v) is 9.85. The molecule has 14 heavy (non-hydrogen) atoms. The van der Waals surface area contributed by atoms with E-state index in [4.69, 9.17) is 10.2 Å². The van der Waals surface area contributed by atoms with E-state index in [0.29, 0.717) is 0 Å². The van der Waals surface area contributed by atoms with Crippen LogP contribution in [0.2, 0.25) is 0 Å². The lowest BCUT2D eigenvalue weighted by atomic mass is 10.1. The van der Waals surface area contributed by atoms with Gasteiger partial charge in [0.15, 0.2) is 0 Å². The van der Waals surface area contributed by atoms with Crippen molar-refractivity contribution in [3.63, 3.8) is 0 Å². The van der Waals surface area contributed by atoms with Gasteiger partial charge in [-0.25, -0.2) is 0 Å². The SMILES string of the molecule is NC(Cc1ccco1)c1csc(Br)c1. The highest BCUT2D eigenvalue weighted by Gasteiger charge is 2.10.